The van der Waals surface area contributed by atoms with E-state index in [1.165, 1.54) is 6.20 Å². The van der Waals surface area contributed by atoms with Gasteiger partial charge in [-0.05, 0) is 42.0 Å². The third-order valence-corrected chi connectivity index (χ3v) is 5.28. The van der Waals surface area contributed by atoms with Gasteiger partial charge in [-0.3, -0.25) is 9.59 Å². The minimum atomic E-state index is -0.309. The molecule has 0 radical (unpaired) electrons. The number of carbonyl (C=O) groups is 2. The molecule has 3 aromatic carbocycles. The Morgan fingerprint density at radius 1 is 0.971 bits per heavy atom. The Morgan fingerprint density at radius 3 is 2.65 bits per heavy atom. The number of benzene rings is 3. The van der Waals surface area contributed by atoms with E-state index in [9.17, 15) is 9.59 Å². The molecule has 0 saturated carbocycles. The Balaban J connectivity index is 1.21. The van der Waals surface area contributed by atoms with Gasteiger partial charge in [-0.2, -0.15) is 5.10 Å². The lowest BCUT2D eigenvalue weighted by Crippen LogP contribution is -2.28. The molecular weight excluding hydrogens is 434 g/mol. The van der Waals surface area contributed by atoms with Crippen molar-refractivity contribution in [2.45, 2.75) is 6.54 Å². The maximum atomic E-state index is 13.1. The summed E-state index contributed by atoms with van der Waals surface area (Å²) in [7, 11) is 0. The molecule has 34 heavy (non-hydrogen) atoms. The van der Waals surface area contributed by atoms with Crippen molar-refractivity contribution in [3.8, 4) is 22.9 Å². The molecule has 0 bridgehead atoms. The highest BCUT2D eigenvalue weighted by molar-refractivity contribution is 6.10. The normalized spacial score (nSPS) is 11.8. The van der Waals surface area contributed by atoms with Gasteiger partial charge in [0.1, 0.15) is 5.75 Å². The predicted octanol–water partition coefficient (Wildman–Crippen LogP) is 3.53. The molecule has 0 spiro atoms. The summed E-state index contributed by atoms with van der Waals surface area (Å²) in [5.41, 5.74) is 2.51. The van der Waals surface area contributed by atoms with E-state index in [0.717, 1.165) is 11.3 Å². The molecule has 1 N–H and O–H groups in total. The van der Waals surface area contributed by atoms with Crippen molar-refractivity contribution in [3.63, 3.8) is 0 Å². The largest absolute Gasteiger partial charge is 0.483 e. The van der Waals surface area contributed by atoms with Gasteiger partial charge < -0.3 is 19.5 Å². The van der Waals surface area contributed by atoms with Crippen molar-refractivity contribution in [1.82, 2.24) is 15.1 Å². The third-order valence-electron chi connectivity index (χ3n) is 5.28. The second kappa shape index (κ2) is 9.50. The number of nitrogens with zero attached hydrogens (tertiary/aromatic N) is 2. The smallest absolute Gasteiger partial charge is 0.258 e. The molecule has 1 aliphatic rings. The van der Waals surface area contributed by atoms with Crippen LogP contribution < -0.4 is 19.5 Å². The number of amides is 1. The maximum absolute atomic E-state index is 13.1. The number of aromatic nitrogens is 2. The van der Waals surface area contributed by atoms with Crippen LogP contribution in [0.25, 0.3) is 5.69 Å². The Labute approximate surface area is 195 Å². The number of nitrogens with one attached hydrogen (secondary N) is 1. The predicted molar refractivity (Wildman–Crippen MR) is 123 cm³/mol. The molecule has 1 aliphatic heterocycles. The summed E-state index contributed by atoms with van der Waals surface area (Å²) in [6.45, 7) is 0.292. The molecule has 4 aromatic rings. The molecule has 170 valence electrons. The number of para-hydroxylation sites is 2. The van der Waals surface area contributed by atoms with Crippen LogP contribution in [-0.2, 0) is 11.3 Å². The number of rotatable bonds is 8. The molecule has 0 atom stereocenters. The summed E-state index contributed by atoms with van der Waals surface area (Å²) in [5, 5.41) is 7.09. The molecule has 8 heteroatoms. The van der Waals surface area contributed by atoms with E-state index in [1.807, 2.05) is 48.5 Å². The highest BCUT2D eigenvalue weighted by Crippen LogP contribution is 2.32. The van der Waals surface area contributed by atoms with Gasteiger partial charge in [0.15, 0.2) is 23.9 Å². The van der Waals surface area contributed by atoms with Gasteiger partial charge in [0, 0.05) is 12.7 Å². The minimum absolute atomic E-state index is 0.199. The van der Waals surface area contributed by atoms with Crippen molar-refractivity contribution in [3.05, 3.63) is 102 Å². The summed E-state index contributed by atoms with van der Waals surface area (Å²) >= 11 is 0. The third kappa shape index (κ3) is 4.61. The van der Waals surface area contributed by atoms with Crippen LogP contribution in [0.5, 0.6) is 17.2 Å². The topological polar surface area (TPSA) is 91.7 Å². The first-order valence-electron chi connectivity index (χ1n) is 10.7. The fourth-order valence-corrected chi connectivity index (χ4v) is 3.54. The number of hydrogen-bond donors (Lipinski definition) is 1. The highest BCUT2D eigenvalue weighted by atomic mass is 16.7. The van der Waals surface area contributed by atoms with E-state index in [-0.39, 0.29) is 25.1 Å². The van der Waals surface area contributed by atoms with Gasteiger partial charge in [-0.1, -0.05) is 36.4 Å². The van der Waals surface area contributed by atoms with Crippen LogP contribution in [0, 0.1) is 0 Å². The Bertz CT molecular complexity index is 1330. The van der Waals surface area contributed by atoms with E-state index in [0.29, 0.717) is 34.9 Å². The minimum Gasteiger partial charge on any atom is -0.483 e. The summed E-state index contributed by atoms with van der Waals surface area (Å²) in [5.74, 6) is 1.13. The van der Waals surface area contributed by atoms with E-state index < -0.39 is 0 Å². The van der Waals surface area contributed by atoms with Gasteiger partial charge in [-0.15, -0.1) is 0 Å². The molecule has 8 nitrogen and oxygen atoms in total. The van der Waals surface area contributed by atoms with Crippen LogP contribution in [0.15, 0.2) is 85.2 Å². The summed E-state index contributed by atoms with van der Waals surface area (Å²) in [6.07, 6.45) is 3.19. The van der Waals surface area contributed by atoms with Crippen LogP contribution >= 0.6 is 0 Å². The van der Waals surface area contributed by atoms with Gasteiger partial charge in [0.25, 0.3) is 5.91 Å². The molecule has 2 heterocycles. The molecule has 1 aromatic heterocycles. The maximum Gasteiger partial charge on any atom is 0.258 e. The SMILES string of the molecule is O=C(COc1ccccc1C(=O)c1cnn(-c2ccccc2)c1)NCc1ccc2c(c1)OCO2. The molecule has 0 fully saturated rings. The number of carbonyl (C=O) groups excluding carboxylic acids is 2. The lowest BCUT2D eigenvalue weighted by molar-refractivity contribution is -0.123. The Kier molecular flexibility index (Phi) is 5.94. The lowest BCUT2D eigenvalue weighted by atomic mass is 10.1. The van der Waals surface area contributed by atoms with Crippen LogP contribution in [0.2, 0.25) is 0 Å². The number of hydrogen-bond acceptors (Lipinski definition) is 6. The second-order valence-corrected chi connectivity index (χ2v) is 7.59. The van der Waals surface area contributed by atoms with Crippen LogP contribution in [0.3, 0.4) is 0 Å². The average molecular weight is 455 g/mol. The molecule has 0 aliphatic carbocycles. The number of ketones is 1. The van der Waals surface area contributed by atoms with Gasteiger partial charge in [-0.25, -0.2) is 4.68 Å². The fraction of sp³-hybridized carbons (Fsp3) is 0.115. The summed E-state index contributed by atoms with van der Waals surface area (Å²) in [6, 6.07) is 21.9. The Hall–Kier alpha value is -4.59. The first-order chi connectivity index (χ1) is 16.7. The monoisotopic (exact) mass is 455 g/mol. The standard InChI is InChI=1S/C26H21N3O5/c30-25(27-13-18-10-11-23-24(12-18)34-17-33-23)16-32-22-9-5-4-8-21(22)26(31)19-14-28-29(15-19)20-6-2-1-3-7-20/h1-12,14-15H,13,16-17H2,(H,27,30). The lowest BCUT2D eigenvalue weighted by Gasteiger charge is -2.11. The molecule has 5 rings (SSSR count). The van der Waals surface area contributed by atoms with Crippen molar-refractivity contribution in [2.24, 2.45) is 0 Å². The van der Waals surface area contributed by atoms with E-state index in [2.05, 4.69) is 10.4 Å². The summed E-state index contributed by atoms with van der Waals surface area (Å²) in [4.78, 5) is 25.4. The summed E-state index contributed by atoms with van der Waals surface area (Å²) < 4.78 is 18.0. The van der Waals surface area contributed by atoms with Crippen molar-refractivity contribution < 1.29 is 23.8 Å². The van der Waals surface area contributed by atoms with Gasteiger partial charge >= 0.3 is 0 Å². The zero-order chi connectivity index (χ0) is 23.3. The number of fused-ring (bicyclic) bond motifs is 1. The molecule has 1 amide bonds. The number of ether oxygens (including phenoxy) is 3. The molecule has 0 unspecified atom stereocenters. The van der Waals surface area contributed by atoms with Crippen LogP contribution in [0.4, 0.5) is 0 Å². The van der Waals surface area contributed by atoms with E-state index in [4.69, 9.17) is 14.2 Å². The van der Waals surface area contributed by atoms with Crippen LogP contribution in [0.1, 0.15) is 21.5 Å². The molecule has 0 saturated heterocycles. The molecular formula is C26H21N3O5. The second-order valence-electron chi connectivity index (χ2n) is 7.59. The van der Waals surface area contributed by atoms with Crippen molar-refractivity contribution in [1.29, 1.82) is 0 Å². The van der Waals surface area contributed by atoms with Gasteiger partial charge in [0.2, 0.25) is 6.79 Å². The Morgan fingerprint density at radius 2 is 1.76 bits per heavy atom. The first kappa shape index (κ1) is 21.3. The van der Waals surface area contributed by atoms with E-state index >= 15 is 0 Å². The van der Waals surface area contributed by atoms with E-state index in [1.54, 1.807) is 35.1 Å². The average Bonchev–Trinajstić information content (AvgIpc) is 3.56. The zero-order valence-corrected chi connectivity index (χ0v) is 18.1. The quantitative estimate of drug-likeness (QED) is 0.409. The highest BCUT2D eigenvalue weighted by Gasteiger charge is 2.18. The zero-order valence-electron chi connectivity index (χ0n) is 18.1. The first-order valence-corrected chi connectivity index (χ1v) is 10.7. The van der Waals surface area contributed by atoms with Gasteiger partial charge in [0.05, 0.1) is 23.0 Å². The van der Waals surface area contributed by atoms with Crippen molar-refractivity contribution in [2.75, 3.05) is 13.4 Å². The van der Waals surface area contributed by atoms with Crippen LogP contribution in [-0.4, -0.2) is 34.9 Å². The fourth-order valence-electron chi connectivity index (χ4n) is 3.54. The van der Waals surface area contributed by atoms with Crippen molar-refractivity contribution >= 4 is 11.7 Å².